The molecule has 2 aliphatic rings. The van der Waals surface area contributed by atoms with Crippen molar-refractivity contribution in [3.05, 3.63) is 94.5 Å². The van der Waals surface area contributed by atoms with Crippen molar-refractivity contribution < 1.29 is 38.5 Å². The number of ether oxygens (including phenoxy) is 3. The van der Waals surface area contributed by atoms with Crippen LogP contribution in [0.1, 0.15) is 30.5 Å². The van der Waals surface area contributed by atoms with E-state index in [-0.39, 0.29) is 23.5 Å². The third-order valence-corrected chi connectivity index (χ3v) is 6.74. The Bertz CT molecular complexity index is 1340. The number of carbonyl (C=O) groups excluding carboxylic acids is 4. The van der Waals surface area contributed by atoms with Crippen molar-refractivity contribution in [2.45, 2.75) is 31.5 Å². The molecule has 1 N–H and O–H groups in total. The summed E-state index contributed by atoms with van der Waals surface area (Å²) in [5.74, 6) is -3.76. The van der Waals surface area contributed by atoms with Crippen LogP contribution < -0.4 is 0 Å². The highest BCUT2D eigenvalue weighted by molar-refractivity contribution is 6.11. The molecule has 1 amide bonds. The quantitative estimate of drug-likeness (QED) is 0.347. The lowest BCUT2D eigenvalue weighted by Crippen LogP contribution is -2.62. The summed E-state index contributed by atoms with van der Waals surface area (Å²) >= 11 is 0. The molecule has 10 nitrogen and oxygen atoms in total. The average Bonchev–Trinajstić information content (AvgIpc) is 2.95. The highest BCUT2D eigenvalue weighted by Crippen LogP contribution is 2.48. The van der Waals surface area contributed by atoms with Crippen molar-refractivity contribution in [2.24, 2.45) is 0 Å². The number of hydrogen-bond acceptors (Lipinski definition) is 9. The summed E-state index contributed by atoms with van der Waals surface area (Å²) in [4.78, 5) is 56.0. The predicted octanol–water partition coefficient (Wildman–Crippen LogP) is 2.21. The lowest BCUT2D eigenvalue weighted by atomic mass is 9.83. The van der Waals surface area contributed by atoms with Crippen LogP contribution in [0.2, 0.25) is 0 Å². The van der Waals surface area contributed by atoms with E-state index in [2.05, 4.69) is 0 Å². The molecule has 2 atom stereocenters. The van der Waals surface area contributed by atoms with Gasteiger partial charge >= 0.3 is 17.9 Å². The van der Waals surface area contributed by atoms with E-state index in [1.165, 1.54) is 7.11 Å². The SMILES string of the molecule is COC(=O)C1=C2N(Cc3ccccc3)C(C)=C(C(=O)OC)C(c3ccccc3)N2C(=O)[C@](O)(C(=O)OC)C1. The van der Waals surface area contributed by atoms with E-state index in [0.717, 1.165) is 24.7 Å². The van der Waals surface area contributed by atoms with Crippen LogP contribution in [0.25, 0.3) is 0 Å². The molecular weight excluding hydrogens is 492 g/mol. The molecule has 0 spiro atoms. The fraction of sp³-hybridized carbons (Fsp3) is 0.286. The van der Waals surface area contributed by atoms with Crippen LogP contribution in [0, 0.1) is 0 Å². The highest BCUT2D eigenvalue weighted by atomic mass is 16.5. The van der Waals surface area contributed by atoms with Crippen LogP contribution in [0.5, 0.6) is 0 Å². The maximum atomic E-state index is 14.1. The molecule has 10 heteroatoms. The molecule has 198 valence electrons. The molecule has 0 radical (unpaired) electrons. The van der Waals surface area contributed by atoms with E-state index < -0.39 is 41.9 Å². The van der Waals surface area contributed by atoms with Crippen molar-refractivity contribution >= 4 is 23.8 Å². The topological polar surface area (TPSA) is 123 Å². The fourth-order valence-corrected chi connectivity index (χ4v) is 4.91. The van der Waals surface area contributed by atoms with Gasteiger partial charge in [-0.2, -0.15) is 0 Å². The number of methoxy groups -OCH3 is 3. The summed E-state index contributed by atoms with van der Waals surface area (Å²) < 4.78 is 14.9. The monoisotopic (exact) mass is 520 g/mol. The van der Waals surface area contributed by atoms with Gasteiger partial charge in [-0.1, -0.05) is 60.7 Å². The van der Waals surface area contributed by atoms with Gasteiger partial charge in [-0.25, -0.2) is 14.4 Å². The standard InChI is InChI=1S/C28H28N2O8/c1-17-21(25(32)37-3)22(19-13-9-6-10-14-19)30-23(29(17)16-18-11-7-5-8-12-18)20(24(31)36-2)15-28(35,26(30)33)27(34)38-4/h5-14,22,35H,15-16H2,1-4H3/t22?,28-/m0/s1. The Hall–Kier alpha value is -4.44. The first-order valence-corrected chi connectivity index (χ1v) is 11.8. The number of allylic oxidation sites excluding steroid dienone is 1. The van der Waals surface area contributed by atoms with E-state index in [1.54, 1.807) is 42.2 Å². The van der Waals surface area contributed by atoms with E-state index in [0.29, 0.717) is 11.3 Å². The van der Waals surface area contributed by atoms with Gasteiger partial charge in [0.05, 0.1) is 38.5 Å². The van der Waals surface area contributed by atoms with Gasteiger partial charge in [-0.3, -0.25) is 9.69 Å². The normalized spacial score (nSPS) is 21.2. The lowest BCUT2D eigenvalue weighted by molar-refractivity contribution is -0.177. The summed E-state index contributed by atoms with van der Waals surface area (Å²) in [6.45, 7) is 1.85. The van der Waals surface area contributed by atoms with Crippen molar-refractivity contribution in [1.29, 1.82) is 0 Å². The van der Waals surface area contributed by atoms with E-state index in [4.69, 9.17) is 14.2 Å². The molecule has 4 rings (SSSR count). The number of amides is 1. The molecule has 0 aliphatic carbocycles. The van der Waals surface area contributed by atoms with Gasteiger partial charge < -0.3 is 24.2 Å². The number of benzene rings is 2. The van der Waals surface area contributed by atoms with Crippen LogP contribution in [-0.4, -0.2) is 65.7 Å². The second-order valence-corrected chi connectivity index (χ2v) is 8.87. The van der Waals surface area contributed by atoms with Crippen LogP contribution in [0.15, 0.2) is 83.3 Å². The number of nitrogens with zero attached hydrogens (tertiary/aromatic N) is 2. The zero-order valence-electron chi connectivity index (χ0n) is 21.5. The van der Waals surface area contributed by atoms with Crippen LogP contribution in [-0.2, 0) is 39.9 Å². The van der Waals surface area contributed by atoms with Crippen LogP contribution >= 0.6 is 0 Å². The van der Waals surface area contributed by atoms with Gasteiger partial charge in [-0.05, 0) is 18.1 Å². The number of aliphatic hydroxyl groups is 1. The minimum atomic E-state index is -2.74. The summed E-state index contributed by atoms with van der Waals surface area (Å²) in [5, 5.41) is 11.4. The van der Waals surface area contributed by atoms with Crippen LogP contribution in [0.3, 0.4) is 0 Å². The highest BCUT2D eigenvalue weighted by Gasteiger charge is 2.59. The average molecular weight is 521 g/mol. The molecule has 2 aliphatic heterocycles. The van der Waals surface area contributed by atoms with Crippen molar-refractivity contribution in [3.8, 4) is 0 Å². The Morgan fingerprint density at radius 2 is 1.50 bits per heavy atom. The Morgan fingerprint density at radius 3 is 2.05 bits per heavy atom. The molecule has 0 fully saturated rings. The number of carbonyl (C=O) groups is 4. The maximum absolute atomic E-state index is 14.1. The van der Waals surface area contributed by atoms with Gasteiger partial charge in [0.25, 0.3) is 5.91 Å². The largest absolute Gasteiger partial charge is 0.466 e. The molecule has 38 heavy (non-hydrogen) atoms. The summed E-state index contributed by atoms with van der Waals surface area (Å²) in [6, 6.07) is 16.7. The molecule has 0 saturated carbocycles. The molecule has 2 heterocycles. The minimum absolute atomic E-state index is 0.0956. The summed E-state index contributed by atoms with van der Waals surface area (Å²) in [7, 11) is 3.41. The predicted molar refractivity (Wildman–Crippen MR) is 133 cm³/mol. The smallest absolute Gasteiger partial charge is 0.348 e. The van der Waals surface area contributed by atoms with Crippen molar-refractivity contribution in [2.75, 3.05) is 21.3 Å². The first kappa shape index (κ1) is 26.6. The van der Waals surface area contributed by atoms with Crippen molar-refractivity contribution in [1.82, 2.24) is 9.80 Å². The van der Waals surface area contributed by atoms with Gasteiger partial charge in [0.15, 0.2) is 0 Å². The fourth-order valence-electron chi connectivity index (χ4n) is 4.91. The summed E-state index contributed by atoms with van der Waals surface area (Å²) in [5.41, 5.74) is -1.02. The molecule has 0 aromatic heterocycles. The maximum Gasteiger partial charge on any atom is 0.348 e. The van der Waals surface area contributed by atoms with Gasteiger partial charge in [-0.15, -0.1) is 0 Å². The Balaban J connectivity index is 2.10. The molecule has 0 saturated heterocycles. The zero-order valence-corrected chi connectivity index (χ0v) is 21.5. The van der Waals surface area contributed by atoms with Gasteiger partial charge in [0, 0.05) is 18.7 Å². The number of rotatable bonds is 6. The Kier molecular flexibility index (Phi) is 7.36. The van der Waals surface area contributed by atoms with Gasteiger partial charge in [0.1, 0.15) is 5.82 Å². The second-order valence-electron chi connectivity index (χ2n) is 8.87. The molecule has 2 aromatic rings. The van der Waals surface area contributed by atoms with E-state index >= 15 is 0 Å². The zero-order chi connectivity index (χ0) is 27.6. The Labute approximate surface area is 219 Å². The van der Waals surface area contributed by atoms with E-state index in [1.807, 2.05) is 30.3 Å². The van der Waals surface area contributed by atoms with E-state index in [9.17, 15) is 24.3 Å². The molecular formula is C28H28N2O8. The number of fused-ring (bicyclic) bond motifs is 1. The first-order valence-electron chi connectivity index (χ1n) is 11.8. The molecule has 2 aromatic carbocycles. The molecule has 0 bridgehead atoms. The summed E-state index contributed by atoms with van der Waals surface area (Å²) in [6.07, 6.45) is -0.676. The lowest BCUT2D eigenvalue weighted by Gasteiger charge is -2.50. The minimum Gasteiger partial charge on any atom is -0.466 e. The number of esters is 3. The second kappa shape index (κ2) is 10.5. The third kappa shape index (κ3) is 4.32. The number of hydrogen-bond donors (Lipinski definition) is 1. The van der Waals surface area contributed by atoms with Gasteiger partial charge in [0.2, 0.25) is 5.60 Å². The van der Waals surface area contributed by atoms with Crippen LogP contribution in [0.4, 0.5) is 0 Å². The first-order chi connectivity index (χ1) is 18.2. The Morgan fingerprint density at radius 1 is 0.921 bits per heavy atom. The molecule has 1 unspecified atom stereocenters. The third-order valence-electron chi connectivity index (χ3n) is 6.74. The van der Waals surface area contributed by atoms with Crippen molar-refractivity contribution in [3.63, 3.8) is 0 Å².